The molecule has 0 amide bonds. The van der Waals surface area contributed by atoms with Gasteiger partial charge in [0.25, 0.3) is 0 Å². The highest BCUT2D eigenvalue weighted by Gasteiger charge is 2.27. The van der Waals surface area contributed by atoms with Gasteiger partial charge in [-0.15, -0.1) is 0 Å². The minimum atomic E-state index is 0.142. The molecular weight excluding hydrogens is 324 g/mol. The number of nitrogen functional groups attached to an aromatic ring is 2. The van der Waals surface area contributed by atoms with Gasteiger partial charge in [0.15, 0.2) is 0 Å². The highest BCUT2D eigenvalue weighted by Crippen LogP contribution is 2.37. The van der Waals surface area contributed by atoms with Gasteiger partial charge in [0.05, 0.1) is 17.4 Å². The Morgan fingerprint density at radius 1 is 0.923 bits per heavy atom. The van der Waals surface area contributed by atoms with Crippen LogP contribution >= 0.6 is 0 Å². The molecule has 2 aromatic carbocycles. The number of nitrogens with one attached hydrogen (secondary N) is 1. The SMILES string of the molecule is CN(C)c1ccc(N)c(C2CNCCN2c2cc(N(C)C)ccc2N)c1. The number of hydrogen-bond donors (Lipinski definition) is 3. The smallest absolute Gasteiger partial charge is 0.0689 e. The second kappa shape index (κ2) is 7.33. The lowest BCUT2D eigenvalue weighted by Crippen LogP contribution is -2.46. The van der Waals surface area contributed by atoms with Gasteiger partial charge in [-0.05, 0) is 36.4 Å². The molecule has 1 atom stereocenters. The lowest BCUT2D eigenvalue weighted by atomic mass is 9.99. The van der Waals surface area contributed by atoms with E-state index in [0.29, 0.717) is 0 Å². The zero-order valence-corrected chi connectivity index (χ0v) is 16.2. The summed E-state index contributed by atoms with van der Waals surface area (Å²) in [6.45, 7) is 2.65. The molecule has 1 unspecified atom stereocenters. The predicted octanol–water partition coefficient (Wildman–Crippen LogP) is 2.13. The van der Waals surface area contributed by atoms with E-state index >= 15 is 0 Å². The fraction of sp³-hybridized carbons (Fsp3) is 0.400. The summed E-state index contributed by atoms with van der Waals surface area (Å²) in [4.78, 5) is 6.58. The fourth-order valence-corrected chi connectivity index (χ4v) is 3.46. The molecule has 1 fully saturated rings. The summed E-state index contributed by atoms with van der Waals surface area (Å²) < 4.78 is 0. The van der Waals surface area contributed by atoms with E-state index in [1.54, 1.807) is 0 Å². The summed E-state index contributed by atoms with van der Waals surface area (Å²) in [5.74, 6) is 0. The maximum absolute atomic E-state index is 6.36. The maximum Gasteiger partial charge on any atom is 0.0689 e. The van der Waals surface area contributed by atoms with Crippen LogP contribution in [0.25, 0.3) is 0 Å². The second-order valence-corrected chi connectivity index (χ2v) is 7.26. The van der Waals surface area contributed by atoms with Crippen LogP contribution < -0.4 is 31.5 Å². The van der Waals surface area contributed by atoms with Crippen molar-refractivity contribution in [2.24, 2.45) is 0 Å². The molecule has 0 saturated carbocycles. The van der Waals surface area contributed by atoms with Gasteiger partial charge in [-0.25, -0.2) is 0 Å². The Kier molecular flexibility index (Phi) is 5.13. The zero-order valence-electron chi connectivity index (χ0n) is 16.2. The van der Waals surface area contributed by atoms with Crippen molar-refractivity contribution in [2.75, 3.05) is 74.0 Å². The van der Waals surface area contributed by atoms with Gasteiger partial charge in [-0.2, -0.15) is 0 Å². The average molecular weight is 355 g/mol. The standard InChI is InChI=1S/C20H30N6/c1-24(2)14-5-7-17(21)16(11-14)20-13-23-9-10-26(20)19-12-15(25(3)4)6-8-18(19)22/h5-8,11-12,20,23H,9-10,13,21-22H2,1-4H3. The molecule has 5 N–H and O–H groups in total. The largest absolute Gasteiger partial charge is 0.398 e. The van der Waals surface area contributed by atoms with Gasteiger partial charge < -0.3 is 31.5 Å². The van der Waals surface area contributed by atoms with E-state index in [2.05, 4.69) is 44.3 Å². The van der Waals surface area contributed by atoms with Crippen LogP contribution in [0.5, 0.6) is 0 Å². The summed E-state index contributed by atoms with van der Waals surface area (Å²) >= 11 is 0. The van der Waals surface area contributed by atoms with E-state index in [4.69, 9.17) is 11.5 Å². The van der Waals surface area contributed by atoms with Gasteiger partial charge in [-0.1, -0.05) is 0 Å². The minimum absolute atomic E-state index is 0.142. The van der Waals surface area contributed by atoms with Crippen LogP contribution in [-0.4, -0.2) is 47.8 Å². The molecule has 26 heavy (non-hydrogen) atoms. The maximum atomic E-state index is 6.36. The van der Waals surface area contributed by atoms with Crippen molar-refractivity contribution in [3.05, 3.63) is 42.0 Å². The fourth-order valence-electron chi connectivity index (χ4n) is 3.46. The van der Waals surface area contributed by atoms with Crippen LogP contribution in [0, 0.1) is 0 Å². The topological polar surface area (TPSA) is 73.8 Å². The molecule has 0 aliphatic carbocycles. The molecule has 0 aromatic heterocycles. The van der Waals surface area contributed by atoms with Gasteiger partial charge >= 0.3 is 0 Å². The lowest BCUT2D eigenvalue weighted by molar-refractivity contribution is 0.491. The molecule has 0 spiro atoms. The summed E-state index contributed by atoms with van der Waals surface area (Å²) in [7, 11) is 8.18. The summed E-state index contributed by atoms with van der Waals surface area (Å²) in [5.41, 5.74) is 18.8. The third-order valence-corrected chi connectivity index (χ3v) is 5.03. The summed E-state index contributed by atoms with van der Waals surface area (Å²) in [6.07, 6.45) is 0. The zero-order chi connectivity index (χ0) is 18.8. The molecule has 1 aliphatic rings. The Morgan fingerprint density at radius 3 is 2.19 bits per heavy atom. The van der Waals surface area contributed by atoms with Crippen molar-refractivity contribution in [1.82, 2.24) is 5.32 Å². The van der Waals surface area contributed by atoms with Crippen molar-refractivity contribution in [2.45, 2.75) is 6.04 Å². The molecule has 1 saturated heterocycles. The molecule has 1 heterocycles. The summed E-state index contributed by atoms with van der Waals surface area (Å²) in [6, 6.07) is 12.6. The third kappa shape index (κ3) is 3.51. The van der Waals surface area contributed by atoms with Crippen molar-refractivity contribution in [3.63, 3.8) is 0 Å². The lowest BCUT2D eigenvalue weighted by Gasteiger charge is -2.40. The molecule has 0 radical (unpaired) electrons. The van der Waals surface area contributed by atoms with Crippen LogP contribution in [0.15, 0.2) is 36.4 Å². The van der Waals surface area contributed by atoms with Gasteiger partial charge in [-0.3, -0.25) is 0 Å². The second-order valence-electron chi connectivity index (χ2n) is 7.26. The normalized spacial score (nSPS) is 17.2. The van der Waals surface area contributed by atoms with Crippen LogP contribution in [0.3, 0.4) is 0 Å². The molecule has 2 aromatic rings. The van der Waals surface area contributed by atoms with Crippen molar-refractivity contribution >= 4 is 28.4 Å². The van der Waals surface area contributed by atoms with Crippen LogP contribution in [0.2, 0.25) is 0 Å². The van der Waals surface area contributed by atoms with Crippen molar-refractivity contribution in [1.29, 1.82) is 0 Å². The minimum Gasteiger partial charge on any atom is -0.398 e. The number of benzene rings is 2. The van der Waals surface area contributed by atoms with Gasteiger partial charge in [0, 0.05) is 70.5 Å². The summed E-state index contributed by atoms with van der Waals surface area (Å²) in [5, 5.41) is 3.50. The first kappa shape index (κ1) is 18.2. The molecule has 0 bridgehead atoms. The predicted molar refractivity (Wildman–Crippen MR) is 113 cm³/mol. The Hall–Kier alpha value is -2.60. The van der Waals surface area contributed by atoms with E-state index in [1.165, 1.54) is 0 Å². The Labute approximate surface area is 156 Å². The quantitative estimate of drug-likeness (QED) is 0.731. The molecule has 1 aliphatic heterocycles. The molecule has 6 heteroatoms. The highest BCUT2D eigenvalue weighted by atomic mass is 15.2. The van der Waals surface area contributed by atoms with Crippen LogP contribution in [0.1, 0.15) is 11.6 Å². The van der Waals surface area contributed by atoms with E-state index in [1.807, 2.05) is 40.3 Å². The van der Waals surface area contributed by atoms with Crippen LogP contribution in [0.4, 0.5) is 28.4 Å². The number of nitrogens with zero attached hydrogens (tertiary/aromatic N) is 3. The van der Waals surface area contributed by atoms with E-state index < -0.39 is 0 Å². The molecular formula is C20H30N6. The Balaban J connectivity index is 2.05. The highest BCUT2D eigenvalue weighted by molar-refractivity contribution is 5.75. The number of anilines is 5. The van der Waals surface area contributed by atoms with Crippen molar-refractivity contribution in [3.8, 4) is 0 Å². The van der Waals surface area contributed by atoms with Gasteiger partial charge in [0.2, 0.25) is 0 Å². The molecule has 6 nitrogen and oxygen atoms in total. The monoisotopic (exact) mass is 354 g/mol. The number of hydrogen-bond acceptors (Lipinski definition) is 6. The molecule has 3 rings (SSSR count). The Morgan fingerprint density at radius 2 is 1.54 bits per heavy atom. The van der Waals surface area contributed by atoms with Gasteiger partial charge in [0.1, 0.15) is 0 Å². The third-order valence-electron chi connectivity index (χ3n) is 5.03. The van der Waals surface area contributed by atoms with Crippen molar-refractivity contribution < 1.29 is 0 Å². The number of rotatable bonds is 4. The number of nitrogens with two attached hydrogens (primary N) is 2. The van der Waals surface area contributed by atoms with E-state index in [-0.39, 0.29) is 6.04 Å². The molecule has 140 valence electrons. The van der Waals surface area contributed by atoms with Crippen LogP contribution in [-0.2, 0) is 0 Å². The first-order valence-electron chi connectivity index (χ1n) is 8.99. The van der Waals surface area contributed by atoms with E-state index in [9.17, 15) is 0 Å². The first-order chi connectivity index (χ1) is 12.4. The number of piperazine rings is 1. The first-order valence-corrected chi connectivity index (χ1v) is 8.99. The average Bonchev–Trinajstić information content (AvgIpc) is 2.62. The Bertz CT molecular complexity index is 705. The van der Waals surface area contributed by atoms with E-state index in [0.717, 1.165) is 53.6 Å².